The van der Waals surface area contributed by atoms with Gasteiger partial charge in [0.25, 0.3) is 0 Å². The third-order valence-electron chi connectivity index (χ3n) is 2.79. The first-order valence-corrected chi connectivity index (χ1v) is 5.86. The molecule has 0 unspecified atom stereocenters. The van der Waals surface area contributed by atoms with Crippen molar-refractivity contribution in [2.24, 2.45) is 0 Å². The molecule has 1 N–H and O–H groups in total. The van der Waals surface area contributed by atoms with E-state index >= 15 is 0 Å². The van der Waals surface area contributed by atoms with Gasteiger partial charge in [0, 0.05) is 12.1 Å². The van der Waals surface area contributed by atoms with Gasteiger partial charge in [0.15, 0.2) is 0 Å². The standard InChI is InChI=1S/C15H16N2O2/c1-18-14-7-3-5-12(9-14)17(11-16)13-6-4-8-15(10-13)19-2/h3-11,16H,1-2H3. The average molecular weight is 256 g/mol. The molecule has 0 bridgehead atoms. The smallest absolute Gasteiger partial charge is 0.120 e. The summed E-state index contributed by atoms with van der Waals surface area (Å²) in [5.74, 6) is 1.51. The molecule has 0 amide bonds. The molecule has 2 aromatic carbocycles. The zero-order valence-electron chi connectivity index (χ0n) is 11.0. The van der Waals surface area contributed by atoms with E-state index in [1.807, 2.05) is 48.5 Å². The van der Waals surface area contributed by atoms with Crippen LogP contribution in [0.2, 0.25) is 0 Å². The van der Waals surface area contributed by atoms with Gasteiger partial charge in [-0.05, 0) is 24.3 Å². The van der Waals surface area contributed by atoms with Crippen LogP contribution in [0.5, 0.6) is 11.5 Å². The first-order valence-electron chi connectivity index (χ1n) is 5.86. The largest absolute Gasteiger partial charge is 0.497 e. The van der Waals surface area contributed by atoms with E-state index in [0.717, 1.165) is 22.9 Å². The summed E-state index contributed by atoms with van der Waals surface area (Å²) in [4.78, 5) is 1.76. The van der Waals surface area contributed by atoms with Crippen molar-refractivity contribution in [3.05, 3.63) is 48.5 Å². The van der Waals surface area contributed by atoms with Gasteiger partial charge in [-0.1, -0.05) is 12.1 Å². The van der Waals surface area contributed by atoms with Crippen LogP contribution in [-0.4, -0.2) is 20.6 Å². The minimum Gasteiger partial charge on any atom is -0.497 e. The van der Waals surface area contributed by atoms with Crippen molar-refractivity contribution >= 4 is 17.7 Å². The van der Waals surface area contributed by atoms with Crippen molar-refractivity contribution < 1.29 is 9.47 Å². The van der Waals surface area contributed by atoms with E-state index in [-0.39, 0.29) is 0 Å². The molecule has 4 nitrogen and oxygen atoms in total. The Morgan fingerprint density at radius 2 is 1.37 bits per heavy atom. The molecule has 19 heavy (non-hydrogen) atoms. The van der Waals surface area contributed by atoms with Crippen molar-refractivity contribution in [2.45, 2.75) is 0 Å². The van der Waals surface area contributed by atoms with E-state index in [9.17, 15) is 0 Å². The van der Waals surface area contributed by atoms with E-state index < -0.39 is 0 Å². The predicted octanol–water partition coefficient (Wildman–Crippen LogP) is 3.45. The predicted molar refractivity (Wildman–Crippen MR) is 76.9 cm³/mol. The highest BCUT2D eigenvalue weighted by atomic mass is 16.5. The molecule has 2 aromatic rings. The molecule has 4 heteroatoms. The molecule has 0 radical (unpaired) electrons. The molecule has 0 atom stereocenters. The van der Waals surface area contributed by atoms with Crippen molar-refractivity contribution in [3.63, 3.8) is 0 Å². The normalized spacial score (nSPS) is 9.79. The second-order valence-electron chi connectivity index (χ2n) is 3.90. The number of benzene rings is 2. The Hall–Kier alpha value is -2.49. The summed E-state index contributed by atoms with van der Waals surface area (Å²) in [5.41, 5.74) is 1.73. The lowest BCUT2D eigenvalue weighted by atomic mass is 10.2. The fraction of sp³-hybridized carbons (Fsp3) is 0.133. The van der Waals surface area contributed by atoms with Crippen LogP contribution in [0.15, 0.2) is 48.5 Å². The van der Waals surface area contributed by atoms with Crippen LogP contribution in [0.25, 0.3) is 0 Å². The van der Waals surface area contributed by atoms with E-state index in [1.165, 1.54) is 6.34 Å². The molecule has 0 spiro atoms. The highest BCUT2D eigenvalue weighted by Gasteiger charge is 2.08. The van der Waals surface area contributed by atoms with Gasteiger partial charge in [-0.15, -0.1) is 0 Å². The summed E-state index contributed by atoms with van der Waals surface area (Å²) in [6.45, 7) is 0. The molecule has 0 aliphatic carbocycles. The van der Waals surface area contributed by atoms with Crippen molar-refractivity contribution in [3.8, 4) is 11.5 Å². The van der Waals surface area contributed by atoms with Crippen LogP contribution < -0.4 is 14.4 Å². The fourth-order valence-electron chi connectivity index (χ4n) is 1.82. The maximum absolute atomic E-state index is 7.61. The SMILES string of the molecule is COc1cccc(N(C=N)c2cccc(OC)c2)c1. The summed E-state index contributed by atoms with van der Waals surface area (Å²) in [7, 11) is 3.25. The number of ether oxygens (including phenoxy) is 2. The van der Waals surface area contributed by atoms with Crippen LogP contribution in [0.3, 0.4) is 0 Å². The topological polar surface area (TPSA) is 45.5 Å². The molecule has 0 saturated heterocycles. The molecular weight excluding hydrogens is 240 g/mol. The molecular formula is C15H16N2O2. The zero-order valence-corrected chi connectivity index (χ0v) is 11.0. The van der Waals surface area contributed by atoms with Crippen molar-refractivity contribution in [1.29, 1.82) is 5.41 Å². The lowest BCUT2D eigenvalue weighted by Gasteiger charge is -2.20. The van der Waals surface area contributed by atoms with Crippen LogP contribution in [-0.2, 0) is 0 Å². The molecule has 0 aliphatic heterocycles. The minimum absolute atomic E-state index is 0.757. The number of anilines is 2. The van der Waals surface area contributed by atoms with Gasteiger partial charge < -0.3 is 14.4 Å². The summed E-state index contributed by atoms with van der Waals surface area (Å²) in [6.07, 6.45) is 1.27. The number of hydrogen-bond donors (Lipinski definition) is 1. The first kappa shape index (κ1) is 13.0. The highest BCUT2D eigenvalue weighted by molar-refractivity contribution is 5.88. The van der Waals surface area contributed by atoms with Crippen molar-refractivity contribution in [1.82, 2.24) is 0 Å². The molecule has 98 valence electrons. The Kier molecular flexibility index (Phi) is 4.03. The van der Waals surface area contributed by atoms with Crippen molar-refractivity contribution in [2.75, 3.05) is 19.1 Å². The van der Waals surface area contributed by atoms with E-state index in [2.05, 4.69) is 0 Å². The lowest BCUT2D eigenvalue weighted by molar-refractivity contribution is 0.415. The van der Waals surface area contributed by atoms with Gasteiger partial charge >= 0.3 is 0 Å². The number of rotatable bonds is 5. The minimum atomic E-state index is 0.757. The lowest BCUT2D eigenvalue weighted by Crippen LogP contribution is -2.13. The highest BCUT2D eigenvalue weighted by Crippen LogP contribution is 2.29. The monoisotopic (exact) mass is 256 g/mol. The number of methoxy groups -OCH3 is 2. The van der Waals surface area contributed by atoms with Crippen LogP contribution in [0.4, 0.5) is 11.4 Å². The molecule has 0 aromatic heterocycles. The molecule has 0 heterocycles. The maximum Gasteiger partial charge on any atom is 0.120 e. The van der Waals surface area contributed by atoms with Gasteiger partial charge in [0.2, 0.25) is 0 Å². The average Bonchev–Trinajstić information content (AvgIpc) is 2.48. The Morgan fingerprint density at radius 3 is 1.74 bits per heavy atom. The summed E-state index contributed by atoms with van der Waals surface area (Å²) >= 11 is 0. The van der Waals surface area contributed by atoms with Gasteiger partial charge in [0.05, 0.1) is 31.9 Å². The number of nitrogens with one attached hydrogen (secondary N) is 1. The zero-order chi connectivity index (χ0) is 13.7. The van der Waals surface area contributed by atoms with Gasteiger partial charge in [-0.25, -0.2) is 0 Å². The summed E-state index contributed by atoms with van der Waals surface area (Å²) in [6, 6.07) is 15.1. The summed E-state index contributed by atoms with van der Waals surface area (Å²) in [5, 5.41) is 7.61. The molecule has 2 rings (SSSR count). The Morgan fingerprint density at radius 1 is 0.895 bits per heavy atom. The maximum atomic E-state index is 7.61. The number of nitrogens with zero attached hydrogens (tertiary/aromatic N) is 1. The van der Waals surface area contributed by atoms with Crippen LogP contribution >= 0.6 is 0 Å². The third kappa shape index (κ3) is 2.85. The molecule has 0 aliphatic rings. The van der Waals surface area contributed by atoms with E-state index in [1.54, 1.807) is 19.1 Å². The Bertz CT molecular complexity index is 522. The van der Waals surface area contributed by atoms with Gasteiger partial charge in [-0.3, -0.25) is 5.41 Å². The van der Waals surface area contributed by atoms with E-state index in [4.69, 9.17) is 14.9 Å². The second-order valence-corrected chi connectivity index (χ2v) is 3.90. The van der Waals surface area contributed by atoms with Crippen LogP contribution in [0, 0.1) is 5.41 Å². The molecule has 0 fully saturated rings. The summed E-state index contributed by atoms with van der Waals surface area (Å²) < 4.78 is 10.4. The Labute approximate surface area is 112 Å². The van der Waals surface area contributed by atoms with Gasteiger partial charge in [-0.2, -0.15) is 0 Å². The first-order chi connectivity index (χ1) is 9.28. The quantitative estimate of drug-likeness (QED) is 0.658. The number of hydrogen-bond acceptors (Lipinski definition) is 3. The van der Waals surface area contributed by atoms with Gasteiger partial charge in [0.1, 0.15) is 11.5 Å². The van der Waals surface area contributed by atoms with E-state index in [0.29, 0.717) is 0 Å². The Balaban J connectivity index is 2.40. The fourth-order valence-corrected chi connectivity index (χ4v) is 1.82. The molecule has 0 saturated carbocycles. The third-order valence-corrected chi connectivity index (χ3v) is 2.79. The van der Waals surface area contributed by atoms with Crippen LogP contribution in [0.1, 0.15) is 0 Å². The second kappa shape index (κ2) is 5.91.